The van der Waals surface area contributed by atoms with E-state index in [2.05, 4.69) is 10.2 Å². The highest BCUT2D eigenvalue weighted by atomic mass is 16.3. The average molecular weight is 253 g/mol. The van der Waals surface area contributed by atoms with Gasteiger partial charge in [0.15, 0.2) is 0 Å². The Balaban J connectivity index is 1.51. The topological polar surface area (TPSA) is 55.8 Å². The number of hydrogen-bond donors (Lipinski definition) is 2. The van der Waals surface area contributed by atoms with E-state index in [0.29, 0.717) is 18.4 Å². The summed E-state index contributed by atoms with van der Waals surface area (Å²) < 4.78 is 0. The molecule has 0 aromatic heterocycles. The third kappa shape index (κ3) is 2.39. The van der Waals surface area contributed by atoms with E-state index in [4.69, 9.17) is 0 Å². The van der Waals surface area contributed by atoms with Gasteiger partial charge in [-0.1, -0.05) is 0 Å². The van der Waals surface area contributed by atoms with Gasteiger partial charge in [-0.05, 0) is 18.8 Å². The van der Waals surface area contributed by atoms with E-state index in [1.165, 1.54) is 0 Å². The number of carbonyl (C=O) groups is 1. The molecule has 2 saturated heterocycles. The number of aliphatic hydroxyl groups excluding tert-OH is 1. The zero-order chi connectivity index (χ0) is 12.5. The van der Waals surface area contributed by atoms with Gasteiger partial charge in [-0.2, -0.15) is 0 Å². The van der Waals surface area contributed by atoms with Crippen molar-refractivity contribution in [1.29, 1.82) is 0 Å². The first-order valence-electron chi connectivity index (χ1n) is 7.13. The van der Waals surface area contributed by atoms with Crippen LogP contribution in [0.1, 0.15) is 12.8 Å². The summed E-state index contributed by atoms with van der Waals surface area (Å²) >= 11 is 0. The summed E-state index contributed by atoms with van der Waals surface area (Å²) in [6, 6.07) is 0. The van der Waals surface area contributed by atoms with Gasteiger partial charge in [0, 0.05) is 45.2 Å². The Labute approximate surface area is 108 Å². The van der Waals surface area contributed by atoms with Crippen molar-refractivity contribution in [2.75, 3.05) is 45.8 Å². The van der Waals surface area contributed by atoms with E-state index in [0.717, 1.165) is 52.1 Å². The Bertz CT molecular complexity index is 317. The molecule has 18 heavy (non-hydrogen) atoms. The Morgan fingerprint density at radius 1 is 1.22 bits per heavy atom. The van der Waals surface area contributed by atoms with E-state index in [1.807, 2.05) is 4.90 Å². The number of carbonyl (C=O) groups excluding carboxylic acids is 1. The molecule has 0 bridgehead atoms. The van der Waals surface area contributed by atoms with Crippen LogP contribution in [0, 0.1) is 11.8 Å². The lowest BCUT2D eigenvalue weighted by atomic mass is 10.00. The summed E-state index contributed by atoms with van der Waals surface area (Å²) in [5.74, 6) is 1.14. The summed E-state index contributed by atoms with van der Waals surface area (Å²) in [5.41, 5.74) is 0. The van der Waals surface area contributed by atoms with E-state index in [9.17, 15) is 9.90 Å². The molecule has 1 amide bonds. The van der Waals surface area contributed by atoms with Crippen LogP contribution in [0.4, 0.5) is 0 Å². The molecular formula is C13H23N3O2. The van der Waals surface area contributed by atoms with Crippen LogP contribution in [0.25, 0.3) is 0 Å². The van der Waals surface area contributed by atoms with Crippen LogP contribution in [0.15, 0.2) is 0 Å². The molecule has 102 valence electrons. The molecule has 1 saturated carbocycles. The van der Waals surface area contributed by atoms with Gasteiger partial charge in [-0.15, -0.1) is 0 Å². The van der Waals surface area contributed by atoms with Crippen molar-refractivity contribution in [3.8, 4) is 0 Å². The number of aliphatic hydroxyl groups is 1. The molecular weight excluding hydrogens is 230 g/mol. The monoisotopic (exact) mass is 253 g/mol. The number of hydrogen-bond acceptors (Lipinski definition) is 4. The predicted molar refractivity (Wildman–Crippen MR) is 68.1 cm³/mol. The lowest BCUT2D eigenvalue weighted by Gasteiger charge is -2.28. The Kier molecular flexibility index (Phi) is 3.54. The first-order chi connectivity index (χ1) is 8.74. The molecule has 3 aliphatic rings. The maximum Gasteiger partial charge on any atom is 0.236 e. The Morgan fingerprint density at radius 2 is 2.00 bits per heavy atom. The van der Waals surface area contributed by atoms with Gasteiger partial charge in [0.1, 0.15) is 0 Å². The highest BCUT2D eigenvalue weighted by Gasteiger charge is 2.43. The van der Waals surface area contributed by atoms with Gasteiger partial charge < -0.3 is 15.3 Å². The van der Waals surface area contributed by atoms with Crippen molar-refractivity contribution >= 4 is 5.91 Å². The van der Waals surface area contributed by atoms with Gasteiger partial charge in [-0.25, -0.2) is 0 Å². The Morgan fingerprint density at radius 3 is 2.72 bits per heavy atom. The number of likely N-dealkylation sites (tertiary alicyclic amines) is 1. The van der Waals surface area contributed by atoms with Gasteiger partial charge >= 0.3 is 0 Å². The average Bonchev–Trinajstić information content (AvgIpc) is 2.93. The number of nitrogens with zero attached hydrogens (tertiary/aromatic N) is 2. The van der Waals surface area contributed by atoms with Crippen molar-refractivity contribution in [1.82, 2.24) is 15.1 Å². The molecule has 5 heteroatoms. The highest BCUT2D eigenvalue weighted by molar-refractivity contribution is 5.78. The van der Waals surface area contributed by atoms with Gasteiger partial charge in [-0.3, -0.25) is 9.69 Å². The van der Waals surface area contributed by atoms with Crippen LogP contribution < -0.4 is 5.32 Å². The first kappa shape index (κ1) is 12.4. The molecule has 1 aliphatic carbocycles. The van der Waals surface area contributed by atoms with Crippen molar-refractivity contribution < 1.29 is 9.90 Å². The van der Waals surface area contributed by atoms with Crippen molar-refractivity contribution in [3.63, 3.8) is 0 Å². The minimum atomic E-state index is -0.174. The van der Waals surface area contributed by atoms with Gasteiger partial charge in [0.25, 0.3) is 0 Å². The molecule has 5 nitrogen and oxygen atoms in total. The highest BCUT2D eigenvalue weighted by Crippen LogP contribution is 2.37. The molecule has 0 aromatic rings. The lowest BCUT2D eigenvalue weighted by molar-refractivity contribution is -0.132. The van der Waals surface area contributed by atoms with Crippen LogP contribution in [-0.2, 0) is 4.79 Å². The zero-order valence-electron chi connectivity index (χ0n) is 10.8. The Hall–Kier alpha value is -0.650. The number of amides is 1. The number of rotatable bonds is 2. The SMILES string of the molecule is O=C(CN1CCNCC1)N1CC2CCC(O)C2C1. The second-order valence-electron chi connectivity index (χ2n) is 5.89. The molecule has 0 spiro atoms. The van der Waals surface area contributed by atoms with Crippen LogP contribution >= 0.6 is 0 Å². The second kappa shape index (κ2) is 5.15. The summed E-state index contributed by atoms with van der Waals surface area (Å²) in [5, 5.41) is 13.2. The lowest BCUT2D eigenvalue weighted by Crippen LogP contribution is -2.48. The standard InChI is InChI=1S/C13H23N3O2/c17-12-2-1-10-7-16(8-11(10)12)13(18)9-15-5-3-14-4-6-15/h10-12,14,17H,1-9H2. The van der Waals surface area contributed by atoms with E-state index >= 15 is 0 Å². The van der Waals surface area contributed by atoms with E-state index in [1.54, 1.807) is 0 Å². The fourth-order valence-electron chi connectivity index (χ4n) is 3.60. The normalized spacial score (nSPS) is 36.9. The van der Waals surface area contributed by atoms with Crippen LogP contribution in [-0.4, -0.2) is 72.7 Å². The summed E-state index contributed by atoms with van der Waals surface area (Å²) in [6.07, 6.45) is 1.84. The molecule has 3 atom stereocenters. The van der Waals surface area contributed by atoms with Crippen molar-refractivity contribution in [2.45, 2.75) is 18.9 Å². The van der Waals surface area contributed by atoms with Crippen LogP contribution in [0.3, 0.4) is 0 Å². The quantitative estimate of drug-likeness (QED) is 0.671. The zero-order valence-corrected chi connectivity index (χ0v) is 10.8. The summed E-state index contributed by atoms with van der Waals surface area (Å²) in [7, 11) is 0. The minimum absolute atomic E-state index is 0.174. The number of piperazine rings is 1. The summed E-state index contributed by atoms with van der Waals surface area (Å²) in [4.78, 5) is 16.4. The number of nitrogens with one attached hydrogen (secondary N) is 1. The fourth-order valence-corrected chi connectivity index (χ4v) is 3.60. The van der Waals surface area contributed by atoms with E-state index < -0.39 is 0 Å². The molecule has 3 unspecified atom stereocenters. The molecule has 3 fully saturated rings. The minimum Gasteiger partial charge on any atom is -0.393 e. The number of fused-ring (bicyclic) bond motifs is 1. The molecule has 2 N–H and O–H groups in total. The molecule has 0 aromatic carbocycles. The maximum atomic E-state index is 12.2. The van der Waals surface area contributed by atoms with Gasteiger partial charge in [0.2, 0.25) is 5.91 Å². The molecule has 2 aliphatic heterocycles. The van der Waals surface area contributed by atoms with Crippen molar-refractivity contribution in [2.24, 2.45) is 11.8 Å². The predicted octanol–water partition coefficient (Wildman–Crippen LogP) is -0.879. The summed E-state index contributed by atoms with van der Waals surface area (Å²) in [6.45, 7) is 6.10. The fraction of sp³-hybridized carbons (Fsp3) is 0.923. The molecule has 0 radical (unpaired) electrons. The smallest absolute Gasteiger partial charge is 0.236 e. The van der Waals surface area contributed by atoms with Crippen molar-refractivity contribution in [3.05, 3.63) is 0 Å². The van der Waals surface area contributed by atoms with Crippen LogP contribution in [0.5, 0.6) is 0 Å². The van der Waals surface area contributed by atoms with Gasteiger partial charge in [0.05, 0.1) is 12.6 Å². The third-order valence-electron chi connectivity index (χ3n) is 4.74. The van der Waals surface area contributed by atoms with E-state index in [-0.39, 0.29) is 12.0 Å². The van der Waals surface area contributed by atoms with Crippen LogP contribution in [0.2, 0.25) is 0 Å². The first-order valence-corrected chi connectivity index (χ1v) is 7.13. The largest absolute Gasteiger partial charge is 0.393 e. The molecule has 3 rings (SSSR count). The maximum absolute atomic E-state index is 12.2. The third-order valence-corrected chi connectivity index (χ3v) is 4.74. The second-order valence-corrected chi connectivity index (χ2v) is 5.89. The molecule has 2 heterocycles.